The molecule has 1 aromatic rings. The third kappa shape index (κ3) is 4.42. The minimum Gasteiger partial charge on any atom is -0.393 e. The number of aliphatic hydroxyl groups is 1. The molecule has 1 aromatic carbocycles. The first kappa shape index (κ1) is 16.2. The Morgan fingerprint density at radius 1 is 1.14 bits per heavy atom. The first-order valence-corrected chi connectivity index (χ1v) is 7.78. The summed E-state index contributed by atoms with van der Waals surface area (Å²) in [7, 11) is 0. The number of rotatable bonds is 4. The zero-order valence-electron chi connectivity index (χ0n) is 13.3. The highest BCUT2D eigenvalue weighted by Gasteiger charge is 2.24. The lowest BCUT2D eigenvalue weighted by Crippen LogP contribution is -2.47. The van der Waals surface area contributed by atoms with Crippen molar-refractivity contribution in [2.45, 2.75) is 33.3 Å². The van der Waals surface area contributed by atoms with Crippen LogP contribution in [0.5, 0.6) is 0 Å². The van der Waals surface area contributed by atoms with Gasteiger partial charge in [0.2, 0.25) is 0 Å². The average Bonchev–Trinajstić information content (AvgIpc) is 2.45. The van der Waals surface area contributed by atoms with Gasteiger partial charge in [0.15, 0.2) is 0 Å². The topological polar surface area (TPSA) is 26.7 Å². The number of nitrogens with zero attached hydrogens (tertiary/aromatic N) is 2. The molecule has 3 nitrogen and oxygen atoms in total. The van der Waals surface area contributed by atoms with E-state index in [9.17, 15) is 9.50 Å². The molecule has 0 amide bonds. The molecule has 1 saturated heterocycles. The molecule has 1 aliphatic heterocycles. The van der Waals surface area contributed by atoms with Crippen LogP contribution in [0.4, 0.5) is 10.1 Å². The highest BCUT2D eigenvalue weighted by molar-refractivity contribution is 5.47. The second-order valence-electron chi connectivity index (χ2n) is 6.95. The second kappa shape index (κ2) is 6.75. The van der Waals surface area contributed by atoms with Crippen molar-refractivity contribution in [2.24, 2.45) is 5.41 Å². The molecule has 0 aromatic heterocycles. The molecule has 21 heavy (non-hydrogen) atoms. The van der Waals surface area contributed by atoms with Crippen molar-refractivity contribution < 1.29 is 9.50 Å². The van der Waals surface area contributed by atoms with Crippen LogP contribution in [0.15, 0.2) is 24.3 Å². The third-order valence-corrected chi connectivity index (χ3v) is 4.28. The molecule has 0 spiro atoms. The number of para-hydroxylation sites is 1. The maximum Gasteiger partial charge on any atom is 0.146 e. The van der Waals surface area contributed by atoms with E-state index in [1.165, 1.54) is 6.07 Å². The highest BCUT2D eigenvalue weighted by atomic mass is 19.1. The second-order valence-corrected chi connectivity index (χ2v) is 6.95. The Bertz CT molecular complexity index is 450. The van der Waals surface area contributed by atoms with Gasteiger partial charge in [-0.05, 0) is 24.0 Å². The van der Waals surface area contributed by atoms with Crippen LogP contribution in [0.25, 0.3) is 0 Å². The van der Waals surface area contributed by atoms with Crippen molar-refractivity contribution in [1.29, 1.82) is 0 Å². The van der Waals surface area contributed by atoms with Crippen molar-refractivity contribution in [1.82, 2.24) is 4.90 Å². The summed E-state index contributed by atoms with van der Waals surface area (Å²) in [6.07, 6.45) is 0.519. The van der Waals surface area contributed by atoms with Crippen LogP contribution in [0.1, 0.15) is 27.2 Å². The smallest absolute Gasteiger partial charge is 0.146 e. The molecule has 0 bridgehead atoms. The van der Waals surface area contributed by atoms with Gasteiger partial charge in [0, 0.05) is 32.7 Å². The van der Waals surface area contributed by atoms with Crippen molar-refractivity contribution in [3.05, 3.63) is 30.1 Å². The molecular weight excluding hydrogens is 267 g/mol. The standard InChI is InChI=1S/C17H27FN2O/c1-17(2,3)16(21)8-9-19-10-12-20(13-11-19)15-7-5-4-6-14(15)18/h4-7,16,21H,8-13H2,1-3H3. The van der Waals surface area contributed by atoms with Crippen LogP contribution < -0.4 is 4.90 Å². The van der Waals surface area contributed by atoms with Crippen molar-refractivity contribution >= 4 is 5.69 Å². The normalized spacial score (nSPS) is 18.8. The van der Waals surface area contributed by atoms with Gasteiger partial charge >= 0.3 is 0 Å². The van der Waals surface area contributed by atoms with Crippen molar-refractivity contribution in [3.63, 3.8) is 0 Å². The van der Waals surface area contributed by atoms with Gasteiger partial charge in [-0.25, -0.2) is 4.39 Å². The Kier molecular flexibility index (Phi) is 5.22. The summed E-state index contributed by atoms with van der Waals surface area (Å²) in [5.74, 6) is -0.144. The van der Waals surface area contributed by atoms with E-state index in [1.54, 1.807) is 6.07 Å². The fourth-order valence-electron chi connectivity index (χ4n) is 2.66. The first-order chi connectivity index (χ1) is 9.88. The van der Waals surface area contributed by atoms with Crippen molar-refractivity contribution in [3.8, 4) is 0 Å². The van der Waals surface area contributed by atoms with E-state index < -0.39 is 0 Å². The zero-order valence-corrected chi connectivity index (χ0v) is 13.3. The Labute approximate surface area is 127 Å². The first-order valence-electron chi connectivity index (χ1n) is 7.78. The summed E-state index contributed by atoms with van der Waals surface area (Å²) in [4.78, 5) is 4.46. The lowest BCUT2D eigenvalue weighted by atomic mass is 9.87. The van der Waals surface area contributed by atoms with Crippen LogP contribution >= 0.6 is 0 Å². The lowest BCUT2D eigenvalue weighted by molar-refractivity contribution is 0.0450. The van der Waals surface area contributed by atoms with E-state index in [1.807, 2.05) is 12.1 Å². The molecule has 0 saturated carbocycles. The molecule has 4 heteroatoms. The predicted octanol–water partition coefficient (Wildman–Crippen LogP) is 2.74. The fourth-order valence-corrected chi connectivity index (χ4v) is 2.66. The van der Waals surface area contributed by atoms with Crippen LogP contribution in [0.2, 0.25) is 0 Å². The predicted molar refractivity (Wildman–Crippen MR) is 85.1 cm³/mol. The molecule has 1 N–H and O–H groups in total. The monoisotopic (exact) mass is 294 g/mol. The summed E-state index contributed by atoms with van der Waals surface area (Å²) < 4.78 is 13.8. The van der Waals surface area contributed by atoms with Gasteiger partial charge in [-0.3, -0.25) is 4.90 Å². The van der Waals surface area contributed by atoms with Crippen molar-refractivity contribution in [2.75, 3.05) is 37.6 Å². The molecule has 1 fully saturated rings. The number of hydrogen-bond donors (Lipinski definition) is 1. The summed E-state index contributed by atoms with van der Waals surface area (Å²) in [6.45, 7) is 10.6. The van der Waals surface area contributed by atoms with E-state index in [2.05, 4.69) is 30.6 Å². The summed E-state index contributed by atoms with van der Waals surface area (Å²) in [5, 5.41) is 10.1. The van der Waals surface area contributed by atoms with Gasteiger partial charge in [0.1, 0.15) is 5.82 Å². The van der Waals surface area contributed by atoms with Gasteiger partial charge < -0.3 is 10.0 Å². The van der Waals surface area contributed by atoms with Gasteiger partial charge in [-0.15, -0.1) is 0 Å². The van der Waals surface area contributed by atoms with E-state index in [4.69, 9.17) is 0 Å². The molecule has 1 heterocycles. The molecule has 1 unspecified atom stereocenters. The van der Waals surface area contributed by atoms with E-state index >= 15 is 0 Å². The highest BCUT2D eigenvalue weighted by Crippen LogP contribution is 2.23. The van der Waals surface area contributed by atoms with E-state index in [-0.39, 0.29) is 17.3 Å². The Morgan fingerprint density at radius 2 is 1.76 bits per heavy atom. The Hall–Kier alpha value is -1.13. The largest absolute Gasteiger partial charge is 0.393 e. The molecule has 118 valence electrons. The number of piperazine rings is 1. The lowest BCUT2D eigenvalue weighted by Gasteiger charge is -2.37. The number of hydrogen-bond acceptors (Lipinski definition) is 3. The van der Waals surface area contributed by atoms with Gasteiger partial charge in [0.25, 0.3) is 0 Å². The number of halogens is 1. The maximum atomic E-state index is 13.8. The number of aliphatic hydroxyl groups excluding tert-OH is 1. The molecule has 0 aliphatic carbocycles. The van der Waals surface area contributed by atoms with Gasteiger partial charge in [-0.1, -0.05) is 32.9 Å². The zero-order chi connectivity index (χ0) is 15.5. The minimum atomic E-state index is -0.276. The molecule has 1 atom stereocenters. The maximum absolute atomic E-state index is 13.8. The molecule has 2 rings (SSSR count). The Balaban J connectivity index is 1.80. The Morgan fingerprint density at radius 3 is 2.33 bits per heavy atom. The third-order valence-electron chi connectivity index (χ3n) is 4.28. The fraction of sp³-hybridized carbons (Fsp3) is 0.647. The summed E-state index contributed by atoms with van der Waals surface area (Å²) in [6, 6.07) is 6.96. The SMILES string of the molecule is CC(C)(C)C(O)CCN1CCN(c2ccccc2F)CC1. The number of anilines is 1. The quantitative estimate of drug-likeness (QED) is 0.925. The van der Waals surface area contributed by atoms with E-state index in [0.29, 0.717) is 5.69 Å². The minimum absolute atomic E-state index is 0.0605. The summed E-state index contributed by atoms with van der Waals surface area (Å²) in [5.41, 5.74) is 0.640. The molecule has 0 radical (unpaired) electrons. The van der Waals surface area contributed by atoms with Gasteiger partial charge in [-0.2, -0.15) is 0 Å². The molecular formula is C17H27FN2O. The van der Waals surface area contributed by atoms with Crippen LogP contribution in [0.3, 0.4) is 0 Å². The molecule has 1 aliphatic rings. The average molecular weight is 294 g/mol. The van der Waals surface area contributed by atoms with Crippen LogP contribution in [-0.2, 0) is 0 Å². The summed E-state index contributed by atoms with van der Waals surface area (Å²) >= 11 is 0. The van der Waals surface area contributed by atoms with Gasteiger partial charge in [0.05, 0.1) is 11.8 Å². The number of benzene rings is 1. The van der Waals surface area contributed by atoms with E-state index in [0.717, 1.165) is 39.1 Å². The van der Waals surface area contributed by atoms with Crippen LogP contribution in [-0.4, -0.2) is 48.8 Å². The van der Waals surface area contributed by atoms with Crippen LogP contribution in [0, 0.1) is 11.2 Å².